The molecular formula is C17H34ClN3O. The molecule has 0 aromatic rings. The Morgan fingerprint density at radius 2 is 1.86 bits per heavy atom. The van der Waals surface area contributed by atoms with Gasteiger partial charge in [0.05, 0.1) is 6.54 Å². The van der Waals surface area contributed by atoms with E-state index in [-0.39, 0.29) is 24.4 Å². The summed E-state index contributed by atoms with van der Waals surface area (Å²) in [5.41, 5.74) is 6.10. The van der Waals surface area contributed by atoms with E-state index in [4.69, 9.17) is 5.73 Å². The van der Waals surface area contributed by atoms with Gasteiger partial charge in [-0.2, -0.15) is 0 Å². The standard InChI is InChI=1S/C17H33N3O.ClH/c1-13-7-9-15(10-8-13)19(3)17(21)12-20-11-5-4-6-16(20)14(2)18;/h13-16H,4-12,18H2,1-3H3;1H. The van der Waals surface area contributed by atoms with E-state index < -0.39 is 0 Å². The molecule has 1 saturated heterocycles. The van der Waals surface area contributed by atoms with Gasteiger partial charge in [-0.3, -0.25) is 9.69 Å². The van der Waals surface area contributed by atoms with Gasteiger partial charge in [0.2, 0.25) is 5.91 Å². The van der Waals surface area contributed by atoms with Crippen LogP contribution >= 0.6 is 12.4 Å². The Bertz CT molecular complexity index is 343. The van der Waals surface area contributed by atoms with Crippen molar-refractivity contribution < 1.29 is 4.79 Å². The minimum absolute atomic E-state index is 0. The topological polar surface area (TPSA) is 49.6 Å². The van der Waals surface area contributed by atoms with E-state index in [1.165, 1.54) is 38.5 Å². The van der Waals surface area contributed by atoms with Gasteiger partial charge in [0.15, 0.2) is 0 Å². The molecule has 2 unspecified atom stereocenters. The number of likely N-dealkylation sites (N-methyl/N-ethyl adjacent to an activating group) is 1. The molecule has 0 aromatic heterocycles. The van der Waals surface area contributed by atoms with E-state index >= 15 is 0 Å². The molecule has 2 N–H and O–H groups in total. The smallest absolute Gasteiger partial charge is 0.236 e. The molecule has 1 heterocycles. The Hall–Kier alpha value is -0.320. The van der Waals surface area contributed by atoms with E-state index in [0.717, 1.165) is 18.9 Å². The maximum atomic E-state index is 12.6. The van der Waals surface area contributed by atoms with Crippen LogP contribution in [0.4, 0.5) is 0 Å². The van der Waals surface area contributed by atoms with Crippen molar-refractivity contribution in [3.63, 3.8) is 0 Å². The SMILES string of the molecule is CC1CCC(N(C)C(=O)CN2CCCCC2C(C)N)CC1.Cl. The number of nitrogens with two attached hydrogens (primary N) is 1. The van der Waals surface area contributed by atoms with Gasteiger partial charge in [-0.15, -0.1) is 12.4 Å². The lowest BCUT2D eigenvalue weighted by atomic mass is 9.86. The Labute approximate surface area is 142 Å². The molecule has 4 nitrogen and oxygen atoms in total. The summed E-state index contributed by atoms with van der Waals surface area (Å²) in [6.45, 7) is 5.96. The van der Waals surface area contributed by atoms with Crippen LogP contribution in [0.2, 0.25) is 0 Å². The van der Waals surface area contributed by atoms with Gasteiger partial charge < -0.3 is 10.6 Å². The first-order valence-corrected chi connectivity index (χ1v) is 8.74. The van der Waals surface area contributed by atoms with Crippen molar-refractivity contribution in [2.24, 2.45) is 11.7 Å². The van der Waals surface area contributed by atoms with Crippen molar-refractivity contribution in [3.05, 3.63) is 0 Å². The summed E-state index contributed by atoms with van der Waals surface area (Å²) in [6, 6.07) is 0.980. The van der Waals surface area contributed by atoms with Crippen molar-refractivity contribution in [2.45, 2.75) is 76.9 Å². The average molecular weight is 332 g/mol. The van der Waals surface area contributed by atoms with Gasteiger partial charge >= 0.3 is 0 Å². The van der Waals surface area contributed by atoms with Crippen LogP contribution < -0.4 is 5.73 Å². The summed E-state index contributed by atoms with van der Waals surface area (Å²) < 4.78 is 0. The normalized spacial score (nSPS) is 31.2. The Balaban J connectivity index is 0.00000242. The number of likely N-dealkylation sites (tertiary alicyclic amines) is 1. The summed E-state index contributed by atoms with van der Waals surface area (Å²) >= 11 is 0. The summed E-state index contributed by atoms with van der Waals surface area (Å²) in [6.07, 6.45) is 8.42. The van der Waals surface area contributed by atoms with Crippen LogP contribution in [0.5, 0.6) is 0 Å². The fourth-order valence-electron chi connectivity index (χ4n) is 3.93. The van der Waals surface area contributed by atoms with Crippen LogP contribution in [0, 0.1) is 5.92 Å². The number of rotatable bonds is 4. The number of carbonyl (C=O) groups excluding carboxylic acids is 1. The van der Waals surface area contributed by atoms with Gasteiger partial charge in [-0.1, -0.05) is 13.3 Å². The zero-order valence-electron chi connectivity index (χ0n) is 14.5. The molecule has 2 rings (SSSR count). The Kier molecular flexibility index (Phi) is 8.15. The number of nitrogens with zero attached hydrogens (tertiary/aromatic N) is 2. The second-order valence-electron chi connectivity index (χ2n) is 7.31. The van der Waals surface area contributed by atoms with Gasteiger partial charge in [0, 0.05) is 25.2 Å². The molecule has 2 fully saturated rings. The van der Waals surface area contributed by atoms with Crippen molar-refractivity contribution in [1.29, 1.82) is 0 Å². The first-order valence-electron chi connectivity index (χ1n) is 8.74. The lowest BCUT2D eigenvalue weighted by Crippen LogP contribution is -2.53. The first-order chi connectivity index (χ1) is 9.99. The highest BCUT2D eigenvalue weighted by Gasteiger charge is 2.30. The number of hydrogen-bond acceptors (Lipinski definition) is 3. The summed E-state index contributed by atoms with van der Waals surface area (Å²) in [7, 11) is 1.99. The molecule has 1 amide bonds. The van der Waals surface area contributed by atoms with Crippen LogP contribution in [0.25, 0.3) is 0 Å². The first kappa shape index (κ1) is 19.7. The van der Waals surface area contributed by atoms with Gasteiger partial charge in [0.1, 0.15) is 0 Å². The number of halogens is 1. The molecule has 2 atom stereocenters. The summed E-state index contributed by atoms with van der Waals surface area (Å²) in [5, 5.41) is 0. The van der Waals surface area contributed by atoms with E-state index in [1.807, 2.05) is 11.9 Å². The zero-order chi connectivity index (χ0) is 15.4. The molecule has 0 bridgehead atoms. The summed E-state index contributed by atoms with van der Waals surface area (Å²) in [4.78, 5) is 16.9. The van der Waals surface area contributed by atoms with Crippen LogP contribution in [0.1, 0.15) is 58.8 Å². The molecule has 1 aliphatic carbocycles. The molecule has 0 spiro atoms. The van der Waals surface area contributed by atoms with E-state index in [0.29, 0.717) is 18.6 Å². The molecule has 130 valence electrons. The van der Waals surface area contributed by atoms with Gasteiger partial charge in [-0.05, 0) is 57.9 Å². The maximum absolute atomic E-state index is 12.6. The fourth-order valence-corrected chi connectivity index (χ4v) is 3.93. The highest BCUT2D eigenvalue weighted by atomic mass is 35.5. The average Bonchev–Trinajstić information content (AvgIpc) is 2.47. The van der Waals surface area contributed by atoms with Crippen LogP contribution in [0.3, 0.4) is 0 Å². The number of piperidine rings is 1. The highest BCUT2D eigenvalue weighted by molar-refractivity contribution is 5.85. The molecule has 1 saturated carbocycles. The number of hydrogen-bond donors (Lipinski definition) is 1. The van der Waals surface area contributed by atoms with Crippen molar-refractivity contribution in [2.75, 3.05) is 20.1 Å². The van der Waals surface area contributed by atoms with Crippen LogP contribution in [-0.2, 0) is 4.79 Å². The molecule has 22 heavy (non-hydrogen) atoms. The Morgan fingerprint density at radius 1 is 1.23 bits per heavy atom. The minimum Gasteiger partial charge on any atom is -0.342 e. The van der Waals surface area contributed by atoms with E-state index in [1.54, 1.807) is 0 Å². The second-order valence-corrected chi connectivity index (χ2v) is 7.31. The highest BCUT2D eigenvalue weighted by Crippen LogP contribution is 2.27. The molecule has 0 aromatic carbocycles. The molecule has 2 aliphatic rings. The van der Waals surface area contributed by atoms with Crippen LogP contribution in [0.15, 0.2) is 0 Å². The lowest BCUT2D eigenvalue weighted by molar-refractivity contribution is -0.135. The third-order valence-electron chi connectivity index (χ3n) is 5.54. The van der Waals surface area contributed by atoms with Crippen molar-refractivity contribution in [3.8, 4) is 0 Å². The minimum atomic E-state index is 0. The molecular weight excluding hydrogens is 298 g/mol. The third-order valence-corrected chi connectivity index (χ3v) is 5.54. The number of carbonyl (C=O) groups is 1. The largest absolute Gasteiger partial charge is 0.342 e. The lowest BCUT2D eigenvalue weighted by Gasteiger charge is -2.40. The molecule has 1 aliphatic heterocycles. The van der Waals surface area contributed by atoms with Crippen LogP contribution in [-0.4, -0.2) is 54.0 Å². The Morgan fingerprint density at radius 3 is 2.45 bits per heavy atom. The maximum Gasteiger partial charge on any atom is 0.236 e. The second kappa shape index (κ2) is 9.09. The van der Waals surface area contributed by atoms with E-state index in [9.17, 15) is 4.79 Å². The monoisotopic (exact) mass is 331 g/mol. The number of amides is 1. The zero-order valence-corrected chi connectivity index (χ0v) is 15.3. The third kappa shape index (κ3) is 5.10. The summed E-state index contributed by atoms with van der Waals surface area (Å²) in [5.74, 6) is 1.11. The van der Waals surface area contributed by atoms with Gasteiger partial charge in [0.25, 0.3) is 0 Å². The van der Waals surface area contributed by atoms with Crippen molar-refractivity contribution in [1.82, 2.24) is 9.80 Å². The molecule has 0 radical (unpaired) electrons. The molecule has 5 heteroatoms. The predicted octanol–water partition coefficient (Wildman–Crippen LogP) is 2.65. The van der Waals surface area contributed by atoms with Crippen molar-refractivity contribution >= 4 is 18.3 Å². The quantitative estimate of drug-likeness (QED) is 0.861. The van der Waals surface area contributed by atoms with Gasteiger partial charge in [-0.25, -0.2) is 0 Å². The van der Waals surface area contributed by atoms with E-state index in [2.05, 4.69) is 18.7 Å². The fraction of sp³-hybridized carbons (Fsp3) is 0.941. The predicted molar refractivity (Wildman–Crippen MR) is 94.3 cm³/mol.